The lowest BCUT2D eigenvalue weighted by Crippen LogP contribution is -2.06. The van der Waals surface area contributed by atoms with Crippen molar-refractivity contribution in [2.24, 2.45) is 0 Å². The van der Waals surface area contributed by atoms with Crippen LogP contribution in [0, 0.1) is 24.4 Å². The van der Waals surface area contributed by atoms with Crippen molar-refractivity contribution >= 4 is 11.4 Å². The minimum absolute atomic E-state index is 0.0501. The third kappa shape index (κ3) is 3.86. The van der Waals surface area contributed by atoms with Gasteiger partial charge in [0.05, 0.1) is 24.2 Å². The van der Waals surface area contributed by atoms with E-state index in [2.05, 4.69) is 26.5 Å². The highest BCUT2D eigenvalue weighted by molar-refractivity contribution is 5.63. The number of imidazole rings is 1. The molecule has 0 atom stereocenters. The van der Waals surface area contributed by atoms with Gasteiger partial charge in [-0.25, -0.2) is 23.7 Å². The van der Waals surface area contributed by atoms with E-state index < -0.39 is 23.3 Å². The average molecular weight is 441 g/mol. The van der Waals surface area contributed by atoms with Crippen LogP contribution in [-0.2, 0) is 11.2 Å². The first-order valence-corrected chi connectivity index (χ1v) is 9.65. The van der Waals surface area contributed by atoms with Gasteiger partial charge in [-0.3, -0.25) is 4.40 Å². The largest absolute Gasteiger partial charge is 0.492 e. The fourth-order valence-corrected chi connectivity index (χ4v) is 3.25. The minimum Gasteiger partial charge on any atom is -0.492 e. The number of rotatable bonds is 6. The van der Waals surface area contributed by atoms with Crippen molar-refractivity contribution in [3.05, 3.63) is 77.3 Å². The molecule has 0 spiro atoms. The number of hydrogen-bond acceptors (Lipinski definition) is 6. The fourth-order valence-electron chi connectivity index (χ4n) is 3.25. The number of aromatic nitrogens is 5. The van der Waals surface area contributed by atoms with E-state index in [0.717, 1.165) is 18.2 Å². The first kappa shape index (κ1) is 21.3. The average Bonchev–Trinajstić information content (AvgIpc) is 3.19. The lowest BCUT2D eigenvalue weighted by molar-refractivity contribution is 0.297. The summed E-state index contributed by atoms with van der Waals surface area (Å²) in [6.07, 6.45) is 2.95. The second-order valence-corrected chi connectivity index (χ2v) is 6.95. The molecule has 1 aromatic carbocycles. The Bertz CT molecular complexity index is 1330. The summed E-state index contributed by atoms with van der Waals surface area (Å²) in [6.45, 7) is 7.44. The van der Waals surface area contributed by atoms with Crippen molar-refractivity contribution in [2.75, 3.05) is 6.61 Å². The minimum atomic E-state index is -0.940. The maximum Gasteiger partial charge on any atom is 0.251 e. The highest BCUT2D eigenvalue weighted by Gasteiger charge is 2.19. The van der Waals surface area contributed by atoms with Crippen molar-refractivity contribution in [2.45, 2.75) is 20.3 Å². The number of hydrogen-bond donors (Lipinski definition) is 1. The van der Waals surface area contributed by atoms with Crippen LogP contribution in [0.25, 0.3) is 22.9 Å². The number of aromatic hydroxyl groups is 1. The van der Waals surface area contributed by atoms with E-state index in [1.165, 1.54) is 19.3 Å². The molecule has 7 nitrogen and oxygen atoms in total. The lowest BCUT2D eigenvalue weighted by Gasteiger charge is -2.11. The Labute approximate surface area is 180 Å². The van der Waals surface area contributed by atoms with E-state index in [9.17, 15) is 18.3 Å². The Morgan fingerprint density at radius 1 is 1.19 bits per heavy atom. The normalized spacial score (nSPS) is 11.2. The Hall–Kier alpha value is -3.95. The molecule has 3 aromatic heterocycles. The third-order valence-corrected chi connectivity index (χ3v) is 4.76. The van der Waals surface area contributed by atoms with Crippen molar-refractivity contribution in [1.29, 1.82) is 0 Å². The first-order chi connectivity index (χ1) is 15.3. The van der Waals surface area contributed by atoms with Gasteiger partial charge in [0.25, 0.3) is 5.88 Å². The Kier molecular flexibility index (Phi) is 5.52. The molecule has 0 bridgehead atoms. The van der Waals surface area contributed by atoms with Crippen molar-refractivity contribution in [3.8, 4) is 17.4 Å². The van der Waals surface area contributed by atoms with Crippen LogP contribution in [0.5, 0.6) is 5.88 Å². The lowest BCUT2D eigenvalue weighted by atomic mass is 10.1. The Balaban J connectivity index is 1.94. The number of benzene rings is 1. The van der Waals surface area contributed by atoms with Crippen LogP contribution in [0.4, 0.5) is 13.2 Å². The van der Waals surface area contributed by atoms with E-state index in [1.54, 1.807) is 11.3 Å². The van der Waals surface area contributed by atoms with E-state index in [4.69, 9.17) is 4.74 Å². The van der Waals surface area contributed by atoms with Crippen LogP contribution in [0.3, 0.4) is 0 Å². The second-order valence-electron chi connectivity index (χ2n) is 6.95. The van der Waals surface area contributed by atoms with Gasteiger partial charge in [0.15, 0.2) is 11.5 Å². The zero-order valence-corrected chi connectivity index (χ0v) is 17.2. The predicted octanol–water partition coefficient (Wildman–Crippen LogP) is 4.22. The molecule has 3 heterocycles. The van der Waals surface area contributed by atoms with Crippen molar-refractivity contribution in [3.63, 3.8) is 0 Å². The molecule has 0 aliphatic carbocycles. The summed E-state index contributed by atoms with van der Waals surface area (Å²) in [5.41, 5.74) is 1.30. The van der Waals surface area contributed by atoms with Gasteiger partial charge in [-0.1, -0.05) is 6.58 Å². The second kappa shape index (κ2) is 8.29. The zero-order valence-electron chi connectivity index (χ0n) is 17.2. The van der Waals surface area contributed by atoms with E-state index >= 15 is 0 Å². The van der Waals surface area contributed by atoms with Crippen molar-refractivity contribution in [1.82, 2.24) is 24.3 Å². The summed E-state index contributed by atoms with van der Waals surface area (Å²) in [6, 6.07) is 3.13. The van der Waals surface area contributed by atoms with Crippen LogP contribution in [0.2, 0.25) is 0 Å². The zero-order chi connectivity index (χ0) is 23.0. The summed E-state index contributed by atoms with van der Waals surface area (Å²) in [7, 11) is 0. The number of aryl methyl sites for hydroxylation is 1. The number of halogens is 3. The number of fused-ring (bicyclic) bond motifs is 1. The molecule has 0 fully saturated rings. The molecule has 4 aromatic rings. The molecule has 10 heteroatoms. The molecule has 0 saturated carbocycles. The molecule has 0 aliphatic heterocycles. The Morgan fingerprint density at radius 2 is 1.97 bits per heavy atom. The molecule has 0 saturated heterocycles. The summed E-state index contributed by atoms with van der Waals surface area (Å²) in [4.78, 5) is 16.6. The number of nitrogens with zero attached hydrogens (tertiary/aromatic N) is 5. The fraction of sp³-hybridized carbons (Fsp3) is 0.182. The molecule has 32 heavy (non-hydrogen) atoms. The van der Waals surface area contributed by atoms with Gasteiger partial charge in [-0.2, -0.15) is 9.37 Å². The van der Waals surface area contributed by atoms with E-state index in [0.29, 0.717) is 23.7 Å². The molecule has 0 aliphatic rings. The molecule has 164 valence electrons. The number of ether oxygens (including phenoxy) is 1. The van der Waals surface area contributed by atoms with Gasteiger partial charge in [0.2, 0.25) is 5.82 Å². The van der Waals surface area contributed by atoms with Gasteiger partial charge in [-0.05, 0) is 37.6 Å². The quantitative estimate of drug-likeness (QED) is 0.451. The smallest absolute Gasteiger partial charge is 0.251 e. The van der Waals surface area contributed by atoms with Gasteiger partial charge in [-0.15, -0.1) is 0 Å². The van der Waals surface area contributed by atoms with Gasteiger partial charge in [0.1, 0.15) is 28.8 Å². The maximum absolute atomic E-state index is 14.3. The summed E-state index contributed by atoms with van der Waals surface area (Å²) >= 11 is 0. The third-order valence-electron chi connectivity index (χ3n) is 4.76. The van der Waals surface area contributed by atoms with Crippen LogP contribution in [0.1, 0.15) is 29.6 Å². The monoisotopic (exact) mass is 441 g/mol. The Morgan fingerprint density at radius 3 is 2.69 bits per heavy atom. The summed E-state index contributed by atoms with van der Waals surface area (Å²) in [5.74, 6) is -2.68. The molecule has 4 rings (SSSR count). The van der Waals surface area contributed by atoms with Crippen LogP contribution in [-0.4, -0.2) is 36.1 Å². The predicted molar refractivity (Wildman–Crippen MR) is 110 cm³/mol. The molecule has 0 radical (unpaired) electrons. The molecule has 0 amide bonds. The summed E-state index contributed by atoms with van der Waals surface area (Å²) < 4.78 is 48.9. The van der Waals surface area contributed by atoms with Gasteiger partial charge in [0, 0.05) is 12.6 Å². The van der Waals surface area contributed by atoms with Crippen LogP contribution in [0.15, 0.2) is 37.2 Å². The van der Waals surface area contributed by atoms with E-state index in [-0.39, 0.29) is 34.9 Å². The maximum atomic E-state index is 14.3. The van der Waals surface area contributed by atoms with Gasteiger partial charge >= 0.3 is 0 Å². The van der Waals surface area contributed by atoms with E-state index in [1.807, 2.05) is 0 Å². The SMILES string of the molecule is C=C(OCC)c1cnc2c(Cc3cc(F)ccc3F)nc(-c3nc(C)c(F)c(O)n3)cn12. The van der Waals surface area contributed by atoms with Crippen molar-refractivity contribution < 1.29 is 23.0 Å². The molecular formula is C22H18F3N5O2. The summed E-state index contributed by atoms with van der Waals surface area (Å²) in [5, 5.41) is 9.80. The highest BCUT2D eigenvalue weighted by Crippen LogP contribution is 2.26. The van der Waals surface area contributed by atoms with Crippen LogP contribution >= 0.6 is 0 Å². The topological polar surface area (TPSA) is 85.4 Å². The molecule has 1 N–H and O–H groups in total. The first-order valence-electron chi connectivity index (χ1n) is 9.65. The van der Waals surface area contributed by atoms with Gasteiger partial charge < -0.3 is 9.84 Å². The standard InChI is InChI=1S/C22H18F3N5O2/c1-4-32-12(3)18-9-26-21-16(8-13-7-14(23)5-6-15(13)24)28-17(10-30(18)21)20-27-11(2)19(25)22(31)29-20/h5-7,9-10H,3-4,8H2,1-2H3,(H,27,29,31). The van der Waals surface area contributed by atoms with Crippen LogP contribution < -0.4 is 0 Å². The molecule has 0 unspecified atom stereocenters. The highest BCUT2D eigenvalue weighted by atomic mass is 19.1. The molecular weight excluding hydrogens is 423 g/mol.